The highest BCUT2D eigenvalue weighted by molar-refractivity contribution is 4.73. The van der Waals surface area contributed by atoms with E-state index in [0.29, 0.717) is 0 Å². The highest BCUT2D eigenvalue weighted by Gasteiger charge is 2.23. The van der Waals surface area contributed by atoms with Crippen molar-refractivity contribution in [2.45, 2.75) is 45.7 Å². The van der Waals surface area contributed by atoms with Crippen LogP contribution in [0.5, 0.6) is 0 Å². The Morgan fingerprint density at radius 2 is 2.15 bits per heavy atom. The molecular formula is C11H18N2+2. The second-order valence-electron chi connectivity index (χ2n) is 3.70. The van der Waals surface area contributed by atoms with Crippen molar-refractivity contribution in [3.8, 4) is 0 Å². The number of nitrogens with zero attached hydrogens (tertiary/aromatic N) is 2. The summed E-state index contributed by atoms with van der Waals surface area (Å²) in [6.45, 7) is 4.51. The molecule has 1 aliphatic heterocycles. The fourth-order valence-corrected chi connectivity index (χ4v) is 2.10. The smallest absolute Gasteiger partial charge is 0.147 e. The van der Waals surface area contributed by atoms with Crippen LogP contribution >= 0.6 is 0 Å². The summed E-state index contributed by atoms with van der Waals surface area (Å²) in [5, 5.41) is 0. The van der Waals surface area contributed by atoms with Gasteiger partial charge >= 0.3 is 5.82 Å². The van der Waals surface area contributed by atoms with Gasteiger partial charge in [0, 0.05) is 6.42 Å². The fourth-order valence-electron chi connectivity index (χ4n) is 2.10. The summed E-state index contributed by atoms with van der Waals surface area (Å²) in [5.74, 6) is 1.50. The molecule has 0 atom stereocenters. The zero-order valence-corrected chi connectivity index (χ0v) is 8.37. The monoisotopic (exact) mass is 178 g/mol. The van der Waals surface area contributed by atoms with E-state index in [1.165, 1.54) is 38.1 Å². The van der Waals surface area contributed by atoms with E-state index in [0.717, 1.165) is 6.54 Å². The van der Waals surface area contributed by atoms with Crippen molar-refractivity contribution in [2.75, 3.05) is 0 Å². The lowest BCUT2D eigenvalue weighted by molar-refractivity contribution is -0.835. The normalized spacial score (nSPS) is 16.4. The van der Waals surface area contributed by atoms with E-state index >= 15 is 0 Å². The minimum atomic E-state index is 1.09. The maximum atomic E-state index is 2.41. The van der Waals surface area contributed by atoms with Gasteiger partial charge in [0.15, 0.2) is 25.5 Å². The first kappa shape index (κ1) is 8.67. The third-order valence-corrected chi connectivity index (χ3v) is 2.84. The van der Waals surface area contributed by atoms with Gasteiger partial charge in [-0.1, -0.05) is 0 Å². The van der Waals surface area contributed by atoms with Crippen molar-refractivity contribution in [1.29, 1.82) is 0 Å². The molecule has 0 N–H and O–H groups in total. The molecule has 0 radical (unpaired) electrons. The van der Waals surface area contributed by atoms with Gasteiger partial charge in [-0.25, -0.2) is 0 Å². The van der Waals surface area contributed by atoms with Crippen molar-refractivity contribution in [2.24, 2.45) is 0 Å². The molecule has 0 aliphatic carbocycles. The fraction of sp³-hybridized carbons (Fsp3) is 0.636. The summed E-state index contributed by atoms with van der Waals surface area (Å²) in [6, 6.07) is 2.15. The lowest BCUT2D eigenvalue weighted by Gasteiger charge is -1.97. The highest BCUT2D eigenvalue weighted by Crippen LogP contribution is 2.04. The number of hydrogen-bond donors (Lipinski definition) is 0. The van der Waals surface area contributed by atoms with Crippen molar-refractivity contribution in [3.63, 3.8) is 0 Å². The molecule has 2 heterocycles. The summed E-state index contributed by atoms with van der Waals surface area (Å²) in [6.07, 6.45) is 9.72. The second-order valence-corrected chi connectivity index (χ2v) is 3.70. The van der Waals surface area contributed by atoms with Crippen LogP contribution in [-0.2, 0) is 19.5 Å². The molecule has 2 heteroatoms. The molecular weight excluding hydrogens is 160 g/mol. The third kappa shape index (κ3) is 1.71. The van der Waals surface area contributed by atoms with Crippen molar-refractivity contribution in [1.82, 2.24) is 0 Å². The average Bonchev–Trinajstić information content (AvgIpc) is 2.41. The molecule has 2 nitrogen and oxygen atoms in total. The molecule has 0 unspecified atom stereocenters. The van der Waals surface area contributed by atoms with Gasteiger partial charge < -0.3 is 0 Å². The first-order chi connectivity index (χ1) is 6.42. The van der Waals surface area contributed by atoms with E-state index in [1.807, 2.05) is 0 Å². The third-order valence-electron chi connectivity index (χ3n) is 2.84. The molecule has 0 fully saturated rings. The number of fused-ring (bicyclic) bond motifs is 1. The van der Waals surface area contributed by atoms with Crippen LogP contribution in [0.4, 0.5) is 0 Å². The molecule has 1 aliphatic rings. The van der Waals surface area contributed by atoms with Crippen LogP contribution < -0.4 is 9.13 Å². The van der Waals surface area contributed by atoms with E-state index in [9.17, 15) is 0 Å². The van der Waals surface area contributed by atoms with Gasteiger partial charge in [-0.3, -0.25) is 0 Å². The summed E-state index contributed by atoms with van der Waals surface area (Å²) in [7, 11) is 0. The van der Waals surface area contributed by atoms with Crippen LogP contribution in [0.3, 0.4) is 0 Å². The molecule has 0 amide bonds. The topological polar surface area (TPSA) is 7.76 Å². The van der Waals surface area contributed by atoms with Crippen molar-refractivity contribution >= 4 is 0 Å². The Morgan fingerprint density at radius 3 is 3.00 bits per heavy atom. The SMILES string of the molecule is CC[n+]1ccc[n+]2c1CCCCC2. The molecule has 13 heavy (non-hydrogen) atoms. The maximum Gasteiger partial charge on any atom is 0.417 e. The molecule has 0 saturated heterocycles. The minimum absolute atomic E-state index is 1.09. The lowest BCUT2D eigenvalue weighted by atomic mass is 10.2. The largest absolute Gasteiger partial charge is 0.417 e. The average molecular weight is 178 g/mol. The quantitative estimate of drug-likeness (QED) is 0.567. The maximum absolute atomic E-state index is 2.41. The number of rotatable bonds is 1. The van der Waals surface area contributed by atoms with Crippen LogP contribution in [0.1, 0.15) is 32.0 Å². The van der Waals surface area contributed by atoms with E-state index in [1.54, 1.807) is 0 Å². The Hall–Kier alpha value is -0.920. The summed E-state index contributed by atoms with van der Waals surface area (Å²) in [5.41, 5.74) is 0. The second kappa shape index (κ2) is 3.86. The number of hydrogen-bond acceptors (Lipinski definition) is 0. The summed E-state index contributed by atoms with van der Waals surface area (Å²) < 4.78 is 4.78. The van der Waals surface area contributed by atoms with Crippen LogP contribution in [0, 0.1) is 0 Å². The van der Waals surface area contributed by atoms with E-state index < -0.39 is 0 Å². The molecule has 0 bridgehead atoms. The Kier molecular flexibility index (Phi) is 2.57. The van der Waals surface area contributed by atoms with Crippen molar-refractivity contribution in [3.05, 3.63) is 24.3 Å². The Bertz CT molecular complexity index is 294. The Balaban J connectivity index is 2.40. The summed E-state index contributed by atoms with van der Waals surface area (Å²) in [4.78, 5) is 0. The predicted molar refractivity (Wildman–Crippen MR) is 50.1 cm³/mol. The van der Waals surface area contributed by atoms with Crippen LogP contribution in [0.15, 0.2) is 18.5 Å². The number of aromatic nitrogens is 2. The van der Waals surface area contributed by atoms with Crippen LogP contribution in [0.25, 0.3) is 0 Å². The van der Waals surface area contributed by atoms with Crippen molar-refractivity contribution < 1.29 is 9.13 Å². The van der Waals surface area contributed by atoms with Gasteiger partial charge in [-0.2, -0.15) is 0 Å². The molecule has 2 rings (SSSR count). The molecule has 1 aromatic heterocycles. The van der Waals surface area contributed by atoms with E-state index in [4.69, 9.17) is 0 Å². The van der Waals surface area contributed by atoms with E-state index in [2.05, 4.69) is 34.5 Å². The van der Waals surface area contributed by atoms with Crippen LogP contribution in [0.2, 0.25) is 0 Å². The van der Waals surface area contributed by atoms with Gasteiger partial charge in [-0.15, -0.1) is 9.13 Å². The Labute approximate surface area is 79.8 Å². The standard InChI is InChI=1S/C11H18N2/c1-2-12-9-6-10-13-8-5-3-4-7-11(12)13/h6,9-10H,2-5,7-8H2,1H3/q+2. The first-order valence-corrected chi connectivity index (χ1v) is 5.32. The van der Waals surface area contributed by atoms with Gasteiger partial charge in [0.2, 0.25) is 0 Å². The number of aryl methyl sites for hydroxylation is 2. The Morgan fingerprint density at radius 1 is 1.23 bits per heavy atom. The van der Waals surface area contributed by atoms with Gasteiger partial charge in [0.05, 0.1) is 12.5 Å². The summed E-state index contributed by atoms with van der Waals surface area (Å²) >= 11 is 0. The molecule has 70 valence electrons. The zero-order valence-electron chi connectivity index (χ0n) is 8.37. The van der Waals surface area contributed by atoms with E-state index in [-0.39, 0.29) is 0 Å². The highest BCUT2D eigenvalue weighted by atomic mass is 15.1. The molecule has 1 aromatic rings. The van der Waals surface area contributed by atoms with Gasteiger partial charge in [-0.05, 0) is 19.8 Å². The zero-order chi connectivity index (χ0) is 9.10. The molecule has 0 spiro atoms. The van der Waals surface area contributed by atoms with Gasteiger partial charge in [0.25, 0.3) is 0 Å². The minimum Gasteiger partial charge on any atom is -0.147 e. The first-order valence-electron chi connectivity index (χ1n) is 5.32. The van der Waals surface area contributed by atoms with Gasteiger partial charge in [0.1, 0.15) is 0 Å². The molecule has 0 saturated carbocycles. The van der Waals surface area contributed by atoms with Crippen LogP contribution in [-0.4, -0.2) is 0 Å². The predicted octanol–water partition coefficient (Wildman–Crippen LogP) is 1.01. The lowest BCUT2D eigenvalue weighted by Crippen LogP contribution is -2.52. The molecule has 0 aromatic carbocycles.